The molecule has 24 heavy (non-hydrogen) atoms. The first-order valence-electron chi connectivity index (χ1n) is 7.39. The van der Waals surface area contributed by atoms with Crippen LogP contribution in [0.4, 0.5) is 10.2 Å². The molecule has 4 rings (SSSR count). The van der Waals surface area contributed by atoms with Crippen LogP contribution in [-0.4, -0.2) is 24.7 Å². The van der Waals surface area contributed by atoms with E-state index in [2.05, 4.69) is 25.4 Å². The molecule has 0 spiro atoms. The standard InChI is InChI=1S/C17H13FN6/c18-14-5-1-2-6-15(14)24-17-13(10-23-24)16(21-11-22-17)20-9-12-4-3-7-19-8-12/h1-8,10-11H,9H2,(H,20,21,22). The molecule has 3 aromatic heterocycles. The number of benzene rings is 1. The summed E-state index contributed by atoms with van der Waals surface area (Å²) >= 11 is 0. The fourth-order valence-electron chi connectivity index (χ4n) is 2.47. The van der Waals surface area contributed by atoms with Crippen LogP contribution in [0, 0.1) is 5.82 Å². The highest BCUT2D eigenvalue weighted by atomic mass is 19.1. The third-order valence-electron chi connectivity index (χ3n) is 3.63. The van der Waals surface area contributed by atoms with Crippen LogP contribution in [-0.2, 0) is 6.54 Å². The van der Waals surface area contributed by atoms with Gasteiger partial charge in [0.05, 0.1) is 11.6 Å². The molecule has 0 unspecified atom stereocenters. The van der Waals surface area contributed by atoms with Gasteiger partial charge in [-0.15, -0.1) is 0 Å². The molecule has 0 atom stereocenters. The highest BCUT2D eigenvalue weighted by Crippen LogP contribution is 2.23. The number of rotatable bonds is 4. The summed E-state index contributed by atoms with van der Waals surface area (Å²) in [5, 5.41) is 8.24. The number of hydrogen-bond acceptors (Lipinski definition) is 5. The number of nitrogens with one attached hydrogen (secondary N) is 1. The van der Waals surface area contributed by atoms with Gasteiger partial charge in [0.2, 0.25) is 0 Å². The van der Waals surface area contributed by atoms with Crippen molar-refractivity contribution in [1.29, 1.82) is 0 Å². The largest absolute Gasteiger partial charge is 0.365 e. The average Bonchev–Trinajstić information content (AvgIpc) is 3.06. The Bertz CT molecular complexity index is 983. The summed E-state index contributed by atoms with van der Waals surface area (Å²) in [4.78, 5) is 12.6. The number of hydrogen-bond donors (Lipinski definition) is 1. The molecule has 0 aliphatic heterocycles. The maximum absolute atomic E-state index is 14.0. The molecule has 0 aliphatic carbocycles. The van der Waals surface area contributed by atoms with Gasteiger partial charge in [-0.2, -0.15) is 5.10 Å². The molecule has 4 aromatic rings. The second-order valence-electron chi connectivity index (χ2n) is 5.18. The van der Waals surface area contributed by atoms with E-state index in [1.165, 1.54) is 17.1 Å². The Labute approximate surface area is 137 Å². The van der Waals surface area contributed by atoms with Crippen LogP contribution in [0.3, 0.4) is 0 Å². The Balaban J connectivity index is 1.70. The van der Waals surface area contributed by atoms with Gasteiger partial charge in [-0.25, -0.2) is 19.0 Å². The van der Waals surface area contributed by atoms with E-state index in [9.17, 15) is 4.39 Å². The van der Waals surface area contributed by atoms with Gasteiger partial charge in [-0.3, -0.25) is 4.98 Å². The number of fused-ring (bicyclic) bond motifs is 1. The Morgan fingerprint density at radius 3 is 2.79 bits per heavy atom. The minimum Gasteiger partial charge on any atom is -0.365 e. The van der Waals surface area contributed by atoms with E-state index >= 15 is 0 Å². The number of para-hydroxylation sites is 1. The average molecular weight is 320 g/mol. The van der Waals surface area contributed by atoms with Gasteiger partial charge in [-0.05, 0) is 23.8 Å². The summed E-state index contributed by atoms with van der Waals surface area (Å²) in [6.45, 7) is 0.574. The van der Waals surface area contributed by atoms with Gasteiger partial charge in [0.15, 0.2) is 5.65 Å². The molecule has 0 radical (unpaired) electrons. The van der Waals surface area contributed by atoms with Crippen LogP contribution >= 0.6 is 0 Å². The van der Waals surface area contributed by atoms with Gasteiger partial charge in [-0.1, -0.05) is 18.2 Å². The maximum atomic E-state index is 14.0. The Morgan fingerprint density at radius 2 is 1.96 bits per heavy atom. The van der Waals surface area contributed by atoms with Crippen molar-refractivity contribution in [3.63, 3.8) is 0 Å². The van der Waals surface area contributed by atoms with Crippen molar-refractivity contribution in [2.24, 2.45) is 0 Å². The third-order valence-corrected chi connectivity index (χ3v) is 3.63. The molecule has 1 N–H and O–H groups in total. The molecular weight excluding hydrogens is 307 g/mol. The van der Waals surface area contributed by atoms with Crippen molar-refractivity contribution >= 4 is 16.9 Å². The lowest BCUT2D eigenvalue weighted by Crippen LogP contribution is -2.04. The highest BCUT2D eigenvalue weighted by molar-refractivity contribution is 5.87. The van der Waals surface area contributed by atoms with E-state index in [-0.39, 0.29) is 5.82 Å². The SMILES string of the molecule is Fc1ccccc1-n1ncc2c(NCc3cccnc3)ncnc21. The molecular formula is C17H13FN6. The van der Waals surface area contributed by atoms with Crippen molar-refractivity contribution in [3.05, 3.63) is 72.7 Å². The van der Waals surface area contributed by atoms with E-state index in [0.717, 1.165) is 10.9 Å². The molecule has 0 saturated heterocycles. The number of nitrogens with zero attached hydrogens (tertiary/aromatic N) is 5. The molecule has 3 heterocycles. The molecule has 0 saturated carbocycles. The van der Waals surface area contributed by atoms with Crippen molar-refractivity contribution in [1.82, 2.24) is 24.7 Å². The number of pyridine rings is 1. The number of anilines is 1. The Morgan fingerprint density at radius 1 is 1.04 bits per heavy atom. The maximum Gasteiger partial charge on any atom is 0.168 e. The fourth-order valence-corrected chi connectivity index (χ4v) is 2.47. The van der Waals surface area contributed by atoms with Gasteiger partial charge < -0.3 is 5.32 Å². The van der Waals surface area contributed by atoms with Crippen molar-refractivity contribution in [2.45, 2.75) is 6.54 Å². The van der Waals surface area contributed by atoms with E-state index in [1.807, 2.05) is 12.1 Å². The molecule has 6 nitrogen and oxygen atoms in total. The lowest BCUT2D eigenvalue weighted by atomic mass is 10.3. The van der Waals surface area contributed by atoms with Crippen LogP contribution in [0.5, 0.6) is 0 Å². The van der Waals surface area contributed by atoms with E-state index < -0.39 is 0 Å². The first-order chi connectivity index (χ1) is 11.8. The Kier molecular flexibility index (Phi) is 3.59. The fraction of sp³-hybridized carbons (Fsp3) is 0.0588. The third kappa shape index (κ3) is 2.56. The van der Waals surface area contributed by atoms with Crippen LogP contribution in [0.2, 0.25) is 0 Å². The van der Waals surface area contributed by atoms with E-state index in [4.69, 9.17) is 0 Å². The highest BCUT2D eigenvalue weighted by Gasteiger charge is 2.13. The van der Waals surface area contributed by atoms with Gasteiger partial charge in [0.25, 0.3) is 0 Å². The van der Waals surface area contributed by atoms with Gasteiger partial charge >= 0.3 is 0 Å². The van der Waals surface area contributed by atoms with Crippen LogP contribution in [0.25, 0.3) is 16.7 Å². The quantitative estimate of drug-likeness (QED) is 0.626. The normalized spacial score (nSPS) is 10.9. The minimum absolute atomic E-state index is 0.351. The molecule has 118 valence electrons. The van der Waals surface area contributed by atoms with Crippen LogP contribution in [0.15, 0.2) is 61.3 Å². The lowest BCUT2D eigenvalue weighted by molar-refractivity contribution is 0.612. The zero-order chi connectivity index (χ0) is 16.4. The second-order valence-corrected chi connectivity index (χ2v) is 5.18. The van der Waals surface area contributed by atoms with Crippen molar-refractivity contribution < 1.29 is 4.39 Å². The first kappa shape index (κ1) is 14.3. The zero-order valence-corrected chi connectivity index (χ0v) is 12.6. The number of halogens is 1. The smallest absolute Gasteiger partial charge is 0.168 e. The Hall–Kier alpha value is -3.35. The predicted molar refractivity (Wildman–Crippen MR) is 88.2 cm³/mol. The summed E-state index contributed by atoms with van der Waals surface area (Å²) < 4.78 is 15.5. The van der Waals surface area contributed by atoms with Crippen LogP contribution < -0.4 is 5.32 Å². The molecule has 0 aliphatic rings. The van der Waals surface area contributed by atoms with Crippen LogP contribution in [0.1, 0.15) is 5.56 Å². The molecule has 0 fully saturated rings. The first-order valence-corrected chi connectivity index (χ1v) is 7.39. The van der Waals surface area contributed by atoms with Gasteiger partial charge in [0, 0.05) is 18.9 Å². The van der Waals surface area contributed by atoms with Crippen molar-refractivity contribution in [2.75, 3.05) is 5.32 Å². The summed E-state index contributed by atoms with van der Waals surface area (Å²) in [5.41, 5.74) is 1.93. The zero-order valence-electron chi connectivity index (χ0n) is 12.6. The predicted octanol–water partition coefficient (Wildman–Crippen LogP) is 2.96. The molecule has 7 heteroatoms. The minimum atomic E-state index is -0.356. The summed E-state index contributed by atoms with van der Waals surface area (Å²) in [6.07, 6.45) is 6.58. The summed E-state index contributed by atoms with van der Waals surface area (Å²) in [5.74, 6) is 0.289. The van der Waals surface area contributed by atoms with Crippen molar-refractivity contribution in [3.8, 4) is 5.69 Å². The topological polar surface area (TPSA) is 68.5 Å². The molecule has 0 amide bonds. The monoisotopic (exact) mass is 320 g/mol. The summed E-state index contributed by atoms with van der Waals surface area (Å²) in [6, 6.07) is 10.3. The van der Waals surface area contributed by atoms with E-state index in [1.54, 1.807) is 36.8 Å². The second kappa shape index (κ2) is 6.04. The number of aromatic nitrogens is 5. The molecule has 0 bridgehead atoms. The van der Waals surface area contributed by atoms with E-state index in [0.29, 0.717) is 23.7 Å². The van der Waals surface area contributed by atoms with Gasteiger partial charge in [0.1, 0.15) is 23.6 Å². The lowest BCUT2D eigenvalue weighted by Gasteiger charge is -2.07. The summed E-state index contributed by atoms with van der Waals surface area (Å²) in [7, 11) is 0. The molecule has 1 aromatic carbocycles.